The predicted molar refractivity (Wildman–Crippen MR) is 73.0 cm³/mol. The molecule has 0 saturated carbocycles. The van der Waals surface area contributed by atoms with Crippen LogP contribution < -0.4 is 0 Å². The first kappa shape index (κ1) is 12.5. The number of aromatic hydroxyl groups is 2. The molecule has 2 aromatic rings. The first-order valence-corrected chi connectivity index (χ1v) is 6.29. The third-order valence-electron chi connectivity index (χ3n) is 3.20. The normalized spacial score (nSPS) is 10.8. The standard InChI is InChI=1S/C16H18O2/c1-2-7-12(13-8-3-5-10-15(13)17)14-9-4-6-11-16(14)18/h3-6,8-12,17-18H,2,7H2,1H3. The molecule has 0 aliphatic heterocycles. The Balaban J connectivity index is 2.47. The van der Waals surface area contributed by atoms with Gasteiger partial charge in [0.15, 0.2) is 0 Å². The molecule has 0 atom stereocenters. The van der Waals surface area contributed by atoms with Gasteiger partial charge in [-0.1, -0.05) is 49.7 Å². The molecule has 0 unspecified atom stereocenters. The maximum Gasteiger partial charge on any atom is 0.119 e. The fraction of sp³-hybridized carbons (Fsp3) is 0.250. The Morgan fingerprint density at radius 1 is 0.833 bits per heavy atom. The zero-order valence-corrected chi connectivity index (χ0v) is 10.5. The third-order valence-corrected chi connectivity index (χ3v) is 3.20. The highest BCUT2D eigenvalue weighted by Crippen LogP contribution is 2.38. The van der Waals surface area contributed by atoms with Crippen molar-refractivity contribution in [2.24, 2.45) is 0 Å². The summed E-state index contributed by atoms with van der Waals surface area (Å²) in [7, 11) is 0. The number of rotatable bonds is 4. The van der Waals surface area contributed by atoms with Crippen LogP contribution in [-0.2, 0) is 0 Å². The SMILES string of the molecule is CCCC(c1ccccc1O)c1ccccc1O. The Hall–Kier alpha value is -1.96. The van der Waals surface area contributed by atoms with Crippen LogP contribution in [0.5, 0.6) is 11.5 Å². The Morgan fingerprint density at radius 3 is 1.67 bits per heavy atom. The molecule has 2 aromatic carbocycles. The van der Waals surface area contributed by atoms with Gasteiger partial charge >= 0.3 is 0 Å². The summed E-state index contributed by atoms with van der Waals surface area (Å²) < 4.78 is 0. The molecule has 0 amide bonds. The summed E-state index contributed by atoms with van der Waals surface area (Å²) in [4.78, 5) is 0. The molecule has 0 spiro atoms. The second-order valence-corrected chi connectivity index (χ2v) is 4.46. The van der Waals surface area contributed by atoms with Crippen LogP contribution in [0.2, 0.25) is 0 Å². The van der Waals surface area contributed by atoms with E-state index in [1.54, 1.807) is 12.1 Å². The van der Waals surface area contributed by atoms with Gasteiger partial charge in [0.1, 0.15) is 11.5 Å². The van der Waals surface area contributed by atoms with Crippen molar-refractivity contribution in [3.05, 3.63) is 59.7 Å². The Labute approximate surface area is 108 Å². The van der Waals surface area contributed by atoms with Crippen molar-refractivity contribution in [1.82, 2.24) is 0 Å². The van der Waals surface area contributed by atoms with E-state index >= 15 is 0 Å². The van der Waals surface area contributed by atoms with E-state index in [0.717, 1.165) is 24.0 Å². The van der Waals surface area contributed by atoms with Crippen LogP contribution in [0.3, 0.4) is 0 Å². The Morgan fingerprint density at radius 2 is 1.28 bits per heavy atom. The molecule has 0 aliphatic rings. The van der Waals surface area contributed by atoms with Crippen molar-refractivity contribution in [1.29, 1.82) is 0 Å². The topological polar surface area (TPSA) is 40.5 Å². The summed E-state index contributed by atoms with van der Waals surface area (Å²) in [5.41, 5.74) is 1.75. The number of hydrogen-bond acceptors (Lipinski definition) is 2. The van der Waals surface area contributed by atoms with Gasteiger partial charge in [0.25, 0.3) is 0 Å². The molecule has 18 heavy (non-hydrogen) atoms. The van der Waals surface area contributed by atoms with Crippen molar-refractivity contribution >= 4 is 0 Å². The number of phenols is 2. The van der Waals surface area contributed by atoms with Crippen molar-refractivity contribution in [2.45, 2.75) is 25.7 Å². The molecule has 0 aliphatic carbocycles. The average molecular weight is 242 g/mol. The van der Waals surface area contributed by atoms with E-state index < -0.39 is 0 Å². The largest absolute Gasteiger partial charge is 0.508 e. The quantitative estimate of drug-likeness (QED) is 0.849. The Kier molecular flexibility index (Phi) is 3.88. The van der Waals surface area contributed by atoms with Crippen LogP contribution in [0.1, 0.15) is 36.8 Å². The minimum Gasteiger partial charge on any atom is -0.508 e. The molecule has 0 heterocycles. The van der Waals surface area contributed by atoms with E-state index in [2.05, 4.69) is 6.92 Å². The summed E-state index contributed by atoms with van der Waals surface area (Å²) in [5, 5.41) is 20.0. The summed E-state index contributed by atoms with van der Waals surface area (Å²) in [6, 6.07) is 14.7. The Bertz CT molecular complexity index is 475. The van der Waals surface area contributed by atoms with Gasteiger partial charge in [-0.15, -0.1) is 0 Å². The van der Waals surface area contributed by atoms with E-state index in [1.807, 2.05) is 36.4 Å². The summed E-state index contributed by atoms with van der Waals surface area (Å²) in [5.74, 6) is 0.621. The minimum atomic E-state index is 0.0393. The number of hydrogen-bond donors (Lipinski definition) is 2. The molecule has 0 fully saturated rings. The van der Waals surface area contributed by atoms with E-state index in [9.17, 15) is 10.2 Å². The van der Waals surface area contributed by atoms with Gasteiger partial charge in [0, 0.05) is 17.0 Å². The lowest BCUT2D eigenvalue weighted by atomic mass is 9.86. The molecular formula is C16H18O2. The smallest absolute Gasteiger partial charge is 0.119 e. The fourth-order valence-corrected chi connectivity index (χ4v) is 2.33. The van der Waals surface area contributed by atoms with Gasteiger partial charge in [-0.05, 0) is 18.6 Å². The molecular weight excluding hydrogens is 224 g/mol. The zero-order chi connectivity index (χ0) is 13.0. The van der Waals surface area contributed by atoms with Crippen LogP contribution in [-0.4, -0.2) is 10.2 Å². The molecule has 0 bridgehead atoms. The minimum absolute atomic E-state index is 0.0393. The molecule has 0 aromatic heterocycles. The van der Waals surface area contributed by atoms with Gasteiger partial charge in [0.05, 0.1) is 0 Å². The highest BCUT2D eigenvalue weighted by atomic mass is 16.3. The molecule has 2 N–H and O–H groups in total. The lowest BCUT2D eigenvalue weighted by Crippen LogP contribution is -2.01. The summed E-state index contributed by atoms with van der Waals surface area (Å²) in [6.45, 7) is 2.10. The van der Waals surface area contributed by atoms with Gasteiger partial charge in [-0.3, -0.25) is 0 Å². The van der Waals surface area contributed by atoms with Gasteiger partial charge in [0.2, 0.25) is 0 Å². The fourth-order valence-electron chi connectivity index (χ4n) is 2.33. The van der Waals surface area contributed by atoms with Crippen LogP contribution >= 0.6 is 0 Å². The monoisotopic (exact) mass is 242 g/mol. The summed E-state index contributed by atoms with van der Waals surface area (Å²) >= 11 is 0. The lowest BCUT2D eigenvalue weighted by molar-refractivity contribution is 0.450. The van der Waals surface area contributed by atoms with E-state index in [1.165, 1.54) is 0 Å². The van der Waals surface area contributed by atoms with E-state index in [0.29, 0.717) is 11.5 Å². The van der Waals surface area contributed by atoms with Crippen LogP contribution in [0.25, 0.3) is 0 Å². The summed E-state index contributed by atoms with van der Waals surface area (Å²) in [6.07, 6.45) is 1.89. The maximum absolute atomic E-state index is 9.98. The van der Waals surface area contributed by atoms with Crippen molar-refractivity contribution in [2.75, 3.05) is 0 Å². The third kappa shape index (κ3) is 2.48. The maximum atomic E-state index is 9.98. The number of para-hydroxylation sites is 2. The predicted octanol–water partition coefficient (Wildman–Crippen LogP) is 4.03. The van der Waals surface area contributed by atoms with Gasteiger partial charge in [-0.25, -0.2) is 0 Å². The number of benzene rings is 2. The van der Waals surface area contributed by atoms with Crippen molar-refractivity contribution < 1.29 is 10.2 Å². The second-order valence-electron chi connectivity index (χ2n) is 4.46. The molecule has 2 heteroatoms. The second kappa shape index (κ2) is 5.58. The first-order chi connectivity index (χ1) is 8.74. The zero-order valence-electron chi connectivity index (χ0n) is 10.5. The molecule has 94 valence electrons. The number of phenolic OH excluding ortho intramolecular Hbond substituents is 2. The van der Waals surface area contributed by atoms with Gasteiger partial charge < -0.3 is 10.2 Å². The molecule has 2 nitrogen and oxygen atoms in total. The van der Waals surface area contributed by atoms with Gasteiger partial charge in [-0.2, -0.15) is 0 Å². The molecule has 0 radical (unpaired) electrons. The van der Waals surface area contributed by atoms with Crippen molar-refractivity contribution in [3.63, 3.8) is 0 Å². The van der Waals surface area contributed by atoms with E-state index in [-0.39, 0.29) is 5.92 Å². The van der Waals surface area contributed by atoms with Crippen LogP contribution in [0, 0.1) is 0 Å². The van der Waals surface area contributed by atoms with Crippen molar-refractivity contribution in [3.8, 4) is 11.5 Å². The van der Waals surface area contributed by atoms with Crippen LogP contribution in [0.4, 0.5) is 0 Å². The molecule has 0 saturated heterocycles. The lowest BCUT2D eigenvalue weighted by Gasteiger charge is -2.19. The first-order valence-electron chi connectivity index (χ1n) is 6.29. The molecule has 2 rings (SSSR count). The highest BCUT2D eigenvalue weighted by molar-refractivity contribution is 5.45. The highest BCUT2D eigenvalue weighted by Gasteiger charge is 2.19. The van der Waals surface area contributed by atoms with Crippen LogP contribution in [0.15, 0.2) is 48.5 Å². The van der Waals surface area contributed by atoms with E-state index in [4.69, 9.17) is 0 Å². The average Bonchev–Trinajstić information content (AvgIpc) is 2.38.